The first kappa shape index (κ1) is 26.7. The number of thioether (sulfide) groups is 1. The van der Waals surface area contributed by atoms with Crippen LogP contribution < -0.4 is 9.47 Å². The molecule has 1 aliphatic rings. The Morgan fingerprint density at radius 2 is 1.82 bits per heavy atom. The van der Waals surface area contributed by atoms with E-state index in [1.54, 1.807) is 73.7 Å². The molecule has 0 spiro atoms. The van der Waals surface area contributed by atoms with Crippen molar-refractivity contribution in [2.75, 3.05) is 13.7 Å². The third-order valence-corrected chi connectivity index (χ3v) is 6.38. The lowest BCUT2D eigenvalue weighted by molar-refractivity contribution is -0.138. The topological polar surface area (TPSA) is 94.4 Å². The zero-order chi connectivity index (χ0) is 27.1. The summed E-state index contributed by atoms with van der Waals surface area (Å²) in [6.07, 6.45) is 1.63. The number of esters is 1. The molecule has 0 radical (unpaired) electrons. The number of benzene rings is 3. The molecule has 7 nitrogen and oxygen atoms in total. The van der Waals surface area contributed by atoms with Gasteiger partial charge in [0.05, 0.1) is 18.6 Å². The summed E-state index contributed by atoms with van der Waals surface area (Å²) >= 11 is 0.983. The Morgan fingerprint density at radius 1 is 1.03 bits per heavy atom. The van der Waals surface area contributed by atoms with Crippen LogP contribution in [0.4, 0.5) is 4.39 Å². The molecule has 0 unspecified atom stereocenters. The van der Waals surface area contributed by atoms with Crippen LogP contribution in [-0.4, -0.2) is 35.7 Å². The second kappa shape index (κ2) is 12.2. The fraction of sp³-hybridized carbons (Fsp3) is 0.138. The van der Waals surface area contributed by atoms with Gasteiger partial charge in [-0.1, -0.05) is 48.2 Å². The van der Waals surface area contributed by atoms with Crippen LogP contribution in [0.5, 0.6) is 11.5 Å². The number of aliphatic imine (C=N–C) groups is 1. The van der Waals surface area contributed by atoms with E-state index in [0.29, 0.717) is 33.1 Å². The van der Waals surface area contributed by atoms with Crippen molar-refractivity contribution in [3.8, 4) is 11.5 Å². The van der Waals surface area contributed by atoms with E-state index >= 15 is 0 Å². The van der Waals surface area contributed by atoms with Crippen molar-refractivity contribution >= 4 is 34.8 Å². The normalized spacial score (nSPS) is 15.1. The summed E-state index contributed by atoms with van der Waals surface area (Å²) in [5, 5.41) is 10.9. The molecule has 3 aromatic carbocycles. The summed E-state index contributed by atoms with van der Waals surface area (Å²) in [5.41, 5.74) is 1.47. The van der Waals surface area contributed by atoms with Gasteiger partial charge in [0.15, 0.2) is 11.5 Å². The van der Waals surface area contributed by atoms with Crippen molar-refractivity contribution in [2.24, 2.45) is 4.99 Å². The SMILES string of the molecule is CCOC(=O)C1=C(O)/C(=C/c2ccc(OCc3cccc(F)c3)c(OC)c2)SC1=NC(=O)c1ccccc1. The molecule has 0 fully saturated rings. The average molecular weight is 534 g/mol. The number of hydrogen-bond acceptors (Lipinski definition) is 7. The number of ether oxygens (including phenoxy) is 3. The molecule has 1 amide bonds. The maximum absolute atomic E-state index is 13.5. The molecule has 0 atom stereocenters. The Bertz CT molecular complexity index is 1450. The highest BCUT2D eigenvalue weighted by Gasteiger charge is 2.34. The van der Waals surface area contributed by atoms with Crippen LogP contribution in [0.1, 0.15) is 28.4 Å². The summed E-state index contributed by atoms with van der Waals surface area (Å²) in [4.78, 5) is 29.7. The maximum Gasteiger partial charge on any atom is 0.344 e. The molecule has 0 aromatic heterocycles. The Balaban J connectivity index is 1.61. The van der Waals surface area contributed by atoms with Crippen LogP contribution in [0, 0.1) is 5.82 Å². The third-order valence-electron chi connectivity index (χ3n) is 5.36. The lowest BCUT2D eigenvalue weighted by Crippen LogP contribution is -2.14. The van der Waals surface area contributed by atoms with Crippen molar-refractivity contribution in [3.63, 3.8) is 0 Å². The number of aliphatic hydroxyl groups excluding tert-OH is 1. The van der Waals surface area contributed by atoms with Crippen LogP contribution in [-0.2, 0) is 16.1 Å². The number of amides is 1. The molecule has 1 heterocycles. The smallest absolute Gasteiger partial charge is 0.344 e. The summed E-state index contributed by atoms with van der Waals surface area (Å²) in [5.74, 6) is -1.15. The molecule has 0 aliphatic carbocycles. The van der Waals surface area contributed by atoms with E-state index in [4.69, 9.17) is 14.2 Å². The van der Waals surface area contributed by atoms with Gasteiger partial charge in [-0.3, -0.25) is 4.79 Å². The van der Waals surface area contributed by atoms with Crippen LogP contribution in [0.2, 0.25) is 0 Å². The second-order valence-corrected chi connectivity index (χ2v) is 9.00. The number of methoxy groups -OCH3 is 1. The summed E-state index contributed by atoms with van der Waals surface area (Å²) in [6, 6.07) is 19.6. The molecule has 0 bridgehead atoms. The Morgan fingerprint density at radius 3 is 2.53 bits per heavy atom. The molecule has 0 saturated heterocycles. The van der Waals surface area contributed by atoms with Gasteiger partial charge >= 0.3 is 5.97 Å². The molecule has 9 heteroatoms. The number of aliphatic hydroxyl groups is 1. The van der Waals surface area contributed by atoms with Crippen LogP contribution in [0.15, 0.2) is 94.0 Å². The van der Waals surface area contributed by atoms with Crippen molar-refractivity contribution in [1.29, 1.82) is 0 Å². The molecule has 3 aromatic rings. The standard InChI is InChI=1S/C29H24FNO6S/c1-3-36-29(34)25-26(32)24(38-28(25)31-27(33)20-9-5-4-6-10-20)16-18-12-13-22(23(15-18)35-2)37-17-19-8-7-11-21(30)14-19/h4-16,32H,3,17H2,1-2H3/b24-16-,31-28?. The predicted molar refractivity (Wildman–Crippen MR) is 144 cm³/mol. The minimum absolute atomic E-state index is 0.0445. The number of hydrogen-bond donors (Lipinski definition) is 1. The largest absolute Gasteiger partial charge is 0.506 e. The van der Waals surface area contributed by atoms with Gasteiger partial charge in [-0.15, -0.1) is 0 Å². The lowest BCUT2D eigenvalue weighted by atomic mass is 10.1. The summed E-state index contributed by atoms with van der Waals surface area (Å²) in [7, 11) is 1.49. The molecule has 194 valence electrons. The van der Waals surface area contributed by atoms with Gasteiger partial charge in [0, 0.05) is 5.56 Å². The number of rotatable bonds is 8. The third kappa shape index (κ3) is 6.30. The Kier molecular flexibility index (Phi) is 8.60. The zero-order valence-corrected chi connectivity index (χ0v) is 21.5. The highest BCUT2D eigenvalue weighted by Crippen LogP contribution is 2.40. The van der Waals surface area contributed by atoms with E-state index < -0.39 is 11.9 Å². The molecule has 1 aliphatic heterocycles. The van der Waals surface area contributed by atoms with Gasteiger partial charge in [0.1, 0.15) is 28.8 Å². The number of halogens is 1. The highest BCUT2D eigenvalue weighted by atomic mass is 32.2. The van der Waals surface area contributed by atoms with Gasteiger partial charge in [-0.05, 0) is 60.5 Å². The Labute approximate surface area is 223 Å². The van der Waals surface area contributed by atoms with Crippen molar-refractivity contribution < 1.29 is 33.3 Å². The summed E-state index contributed by atoms with van der Waals surface area (Å²) < 4.78 is 29.8. The molecule has 1 N–H and O–H groups in total. The second-order valence-electron chi connectivity index (χ2n) is 7.97. The predicted octanol–water partition coefficient (Wildman–Crippen LogP) is 6.12. The minimum Gasteiger partial charge on any atom is -0.506 e. The fourth-order valence-electron chi connectivity index (χ4n) is 3.56. The first-order chi connectivity index (χ1) is 18.4. The van der Waals surface area contributed by atoms with Crippen molar-refractivity contribution in [2.45, 2.75) is 13.5 Å². The Hall–Kier alpha value is -4.37. The average Bonchev–Trinajstić information content (AvgIpc) is 3.22. The fourth-order valence-corrected chi connectivity index (χ4v) is 4.57. The molecule has 4 rings (SSSR count). The van der Waals surface area contributed by atoms with Gasteiger partial charge in [-0.2, -0.15) is 0 Å². The van der Waals surface area contributed by atoms with E-state index in [0.717, 1.165) is 11.8 Å². The van der Waals surface area contributed by atoms with E-state index in [1.165, 1.54) is 19.2 Å². The first-order valence-corrected chi connectivity index (χ1v) is 12.4. The van der Waals surface area contributed by atoms with Crippen molar-refractivity contribution in [3.05, 3.63) is 112 Å². The van der Waals surface area contributed by atoms with E-state index in [1.807, 2.05) is 0 Å². The van der Waals surface area contributed by atoms with Gasteiger partial charge in [0.2, 0.25) is 0 Å². The van der Waals surface area contributed by atoms with Crippen LogP contribution in [0.25, 0.3) is 6.08 Å². The van der Waals surface area contributed by atoms with E-state index in [2.05, 4.69) is 4.99 Å². The van der Waals surface area contributed by atoms with Gasteiger partial charge in [0.25, 0.3) is 5.91 Å². The van der Waals surface area contributed by atoms with Gasteiger partial charge < -0.3 is 19.3 Å². The molecule has 38 heavy (non-hydrogen) atoms. The van der Waals surface area contributed by atoms with Crippen LogP contribution >= 0.6 is 11.8 Å². The highest BCUT2D eigenvalue weighted by molar-refractivity contribution is 8.18. The number of carbonyl (C=O) groups excluding carboxylic acids is 2. The zero-order valence-electron chi connectivity index (χ0n) is 20.6. The van der Waals surface area contributed by atoms with Gasteiger partial charge in [-0.25, -0.2) is 14.2 Å². The summed E-state index contributed by atoms with van der Waals surface area (Å²) in [6.45, 7) is 1.88. The maximum atomic E-state index is 13.5. The number of carbonyl (C=O) groups is 2. The molecular formula is C29H24FNO6S. The molecule has 0 saturated carbocycles. The first-order valence-electron chi connectivity index (χ1n) is 11.6. The quantitative estimate of drug-likeness (QED) is 0.349. The lowest BCUT2D eigenvalue weighted by Gasteiger charge is -2.12. The van der Waals surface area contributed by atoms with E-state index in [-0.39, 0.29) is 35.4 Å². The minimum atomic E-state index is -0.779. The van der Waals surface area contributed by atoms with Crippen LogP contribution in [0.3, 0.4) is 0 Å². The monoisotopic (exact) mass is 533 g/mol. The molecular weight excluding hydrogens is 509 g/mol. The number of nitrogens with zero attached hydrogens (tertiary/aromatic N) is 1. The van der Waals surface area contributed by atoms with E-state index in [9.17, 15) is 19.1 Å². The van der Waals surface area contributed by atoms with Crippen molar-refractivity contribution in [1.82, 2.24) is 0 Å².